The van der Waals surface area contributed by atoms with Crippen LogP contribution in [0.2, 0.25) is 0 Å². The SMILES string of the molecule is O=c1c(-c2ccccc2)c(CCO)oc2ccccc12. The number of aliphatic hydroxyl groups is 1. The molecule has 0 fully saturated rings. The Morgan fingerprint density at radius 1 is 0.950 bits per heavy atom. The van der Waals surface area contributed by atoms with Gasteiger partial charge in [0.15, 0.2) is 0 Å². The first kappa shape index (κ1) is 12.6. The standard InChI is InChI=1S/C17H14O3/c18-11-10-15-16(12-6-2-1-3-7-12)17(19)13-8-4-5-9-14(13)20-15/h1-9,18H,10-11H2. The minimum absolute atomic E-state index is 0.0542. The van der Waals surface area contributed by atoms with E-state index in [4.69, 9.17) is 4.42 Å². The van der Waals surface area contributed by atoms with Crippen LogP contribution < -0.4 is 5.43 Å². The number of fused-ring (bicyclic) bond motifs is 1. The zero-order valence-corrected chi connectivity index (χ0v) is 10.9. The first-order chi connectivity index (χ1) is 9.81. The number of aliphatic hydroxyl groups excluding tert-OH is 1. The Morgan fingerprint density at radius 3 is 2.40 bits per heavy atom. The lowest BCUT2D eigenvalue weighted by Gasteiger charge is -2.09. The summed E-state index contributed by atoms with van der Waals surface area (Å²) in [7, 11) is 0. The summed E-state index contributed by atoms with van der Waals surface area (Å²) >= 11 is 0. The molecule has 20 heavy (non-hydrogen) atoms. The summed E-state index contributed by atoms with van der Waals surface area (Å²) < 4.78 is 5.81. The fraction of sp³-hybridized carbons (Fsp3) is 0.118. The smallest absolute Gasteiger partial charge is 0.200 e. The summed E-state index contributed by atoms with van der Waals surface area (Å²) in [5, 5.41) is 9.75. The van der Waals surface area contributed by atoms with Gasteiger partial charge in [0.2, 0.25) is 5.43 Å². The highest BCUT2D eigenvalue weighted by molar-refractivity contribution is 5.82. The molecule has 0 amide bonds. The molecule has 1 N–H and O–H groups in total. The molecule has 3 rings (SSSR count). The second-order valence-corrected chi connectivity index (χ2v) is 4.57. The first-order valence-electron chi connectivity index (χ1n) is 6.52. The van der Waals surface area contributed by atoms with Crippen LogP contribution in [0, 0.1) is 0 Å². The van der Waals surface area contributed by atoms with Crippen molar-refractivity contribution in [3.05, 3.63) is 70.6 Å². The Hall–Kier alpha value is -2.39. The molecule has 3 nitrogen and oxygen atoms in total. The maximum Gasteiger partial charge on any atom is 0.200 e. The van der Waals surface area contributed by atoms with Crippen molar-refractivity contribution in [2.75, 3.05) is 6.61 Å². The molecule has 1 aromatic heterocycles. The van der Waals surface area contributed by atoms with E-state index in [2.05, 4.69) is 0 Å². The molecule has 0 bridgehead atoms. The van der Waals surface area contributed by atoms with Crippen LogP contribution in [0.4, 0.5) is 0 Å². The highest BCUT2D eigenvalue weighted by Gasteiger charge is 2.15. The van der Waals surface area contributed by atoms with E-state index >= 15 is 0 Å². The van der Waals surface area contributed by atoms with Crippen LogP contribution in [0.3, 0.4) is 0 Å². The average Bonchev–Trinajstić information content (AvgIpc) is 2.49. The molecule has 0 aliphatic rings. The van der Waals surface area contributed by atoms with E-state index in [0.717, 1.165) is 5.56 Å². The molecular formula is C17H14O3. The van der Waals surface area contributed by atoms with Gasteiger partial charge in [-0.25, -0.2) is 0 Å². The van der Waals surface area contributed by atoms with Gasteiger partial charge < -0.3 is 9.52 Å². The van der Waals surface area contributed by atoms with Crippen LogP contribution in [0.1, 0.15) is 5.76 Å². The van der Waals surface area contributed by atoms with Crippen LogP contribution in [-0.4, -0.2) is 11.7 Å². The summed E-state index contributed by atoms with van der Waals surface area (Å²) in [5.74, 6) is 0.530. The second-order valence-electron chi connectivity index (χ2n) is 4.57. The molecule has 0 unspecified atom stereocenters. The quantitative estimate of drug-likeness (QED) is 0.792. The molecule has 0 spiro atoms. The van der Waals surface area contributed by atoms with Gasteiger partial charge in [0.05, 0.1) is 17.6 Å². The van der Waals surface area contributed by atoms with Crippen molar-refractivity contribution in [2.45, 2.75) is 6.42 Å². The number of hydrogen-bond donors (Lipinski definition) is 1. The monoisotopic (exact) mass is 266 g/mol. The zero-order chi connectivity index (χ0) is 13.9. The normalized spacial score (nSPS) is 10.8. The van der Waals surface area contributed by atoms with E-state index < -0.39 is 0 Å². The topological polar surface area (TPSA) is 50.4 Å². The predicted molar refractivity (Wildman–Crippen MR) is 78.7 cm³/mol. The second kappa shape index (κ2) is 5.31. The maximum absolute atomic E-state index is 12.7. The molecule has 3 heteroatoms. The van der Waals surface area contributed by atoms with Crippen molar-refractivity contribution < 1.29 is 9.52 Å². The third-order valence-electron chi connectivity index (χ3n) is 3.27. The third-order valence-corrected chi connectivity index (χ3v) is 3.27. The molecule has 1 heterocycles. The van der Waals surface area contributed by atoms with Crippen LogP contribution in [0.25, 0.3) is 22.1 Å². The summed E-state index contributed by atoms with van der Waals surface area (Å²) in [4.78, 5) is 12.7. The Labute approximate surface area is 116 Å². The van der Waals surface area contributed by atoms with Crippen molar-refractivity contribution >= 4 is 11.0 Å². The van der Waals surface area contributed by atoms with E-state index in [-0.39, 0.29) is 12.0 Å². The van der Waals surface area contributed by atoms with E-state index in [1.165, 1.54) is 0 Å². The fourth-order valence-electron chi connectivity index (χ4n) is 2.36. The highest BCUT2D eigenvalue weighted by Crippen LogP contribution is 2.24. The van der Waals surface area contributed by atoms with Crippen molar-refractivity contribution in [2.24, 2.45) is 0 Å². The first-order valence-corrected chi connectivity index (χ1v) is 6.52. The van der Waals surface area contributed by atoms with Crippen LogP contribution >= 0.6 is 0 Å². The van der Waals surface area contributed by atoms with Gasteiger partial charge >= 0.3 is 0 Å². The van der Waals surface area contributed by atoms with Crippen molar-refractivity contribution in [1.82, 2.24) is 0 Å². The van der Waals surface area contributed by atoms with E-state index in [9.17, 15) is 9.90 Å². The van der Waals surface area contributed by atoms with Gasteiger partial charge in [-0.15, -0.1) is 0 Å². The molecular weight excluding hydrogens is 252 g/mol. The number of benzene rings is 2. The minimum Gasteiger partial charge on any atom is -0.460 e. The van der Waals surface area contributed by atoms with Crippen molar-refractivity contribution in [3.8, 4) is 11.1 Å². The Bertz CT molecular complexity index is 788. The molecule has 0 saturated heterocycles. The third kappa shape index (κ3) is 2.12. The summed E-state index contributed by atoms with van der Waals surface area (Å²) in [5.41, 5.74) is 1.86. The summed E-state index contributed by atoms with van der Waals surface area (Å²) in [6.07, 6.45) is 0.324. The lowest BCUT2D eigenvalue weighted by Crippen LogP contribution is -2.10. The molecule has 0 radical (unpaired) electrons. The summed E-state index contributed by atoms with van der Waals surface area (Å²) in [6.45, 7) is -0.0545. The predicted octanol–water partition coefficient (Wildman–Crippen LogP) is 2.99. The highest BCUT2D eigenvalue weighted by atomic mass is 16.3. The van der Waals surface area contributed by atoms with E-state index in [1.807, 2.05) is 42.5 Å². The van der Waals surface area contributed by atoms with E-state index in [0.29, 0.717) is 28.7 Å². The lowest BCUT2D eigenvalue weighted by atomic mass is 10.0. The average molecular weight is 266 g/mol. The van der Waals surface area contributed by atoms with Crippen molar-refractivity contribution in [3.63, 3.8) is 0 Å². The number of para-hydroxylation sites is 1. The van der Waals surface area contributed by atoms with Gasteiger partial charge in [-0.2, -0.15) is 0 Å². The fourth-order valence-corrected chi connectivity index (χ4v) is 2.36. The lowest BCUT2D eigenvalue weighted by molar-refractivity contribution is 0.289. The Morgan fingerprint density at radius 2 is 1.65 bits per heavy atom. The van der Waals surface area contributed by atoms with Gasteiger partial charge in [0.1, 0.15) is 11.3 Å². The van der Waals surface area contributed by atoms with E-state index in [1.54, 1.807) is 12.1 Å². The number of rotatable bonds is 3. The summed E-state index contributed by atoms with van der Waals surface area (Å²) in [6, 6.07) is 16.6. The zero-order valence-electron chi connectivity index (χ0n) is 10.9. The Balaban J connectivity index is 2.36. The molecule has 0 aliphatic heterocycles. The molecule has 0 aliphatic carbocycles. The van der Waals surface area contributed by atoms with Crippen LogP contribution in [-0.2, 0) is 6.42 Å². The molecule has 100 valence electrons. The van der Waals surface area contributed by atoms with Gasteiger partial charge in [0.25, 0.3) is 0 Å². The number of hydrogen-bond acceptors (Lipinski definition) is 3. The van der Waals surface area contributed by atoms with Crippen LogP contribution in [0.5, 0.6) is 0 Å². The van der Waals surface area contributed by atoms with Gasteiger partial charge in [-0.1, -0.05) is 42.5 Å². The molecule has 3 aromatic rings. The van der Waals surface area contributed by atoms with Crippen LogP contribution in [0.15, 0.2) is 63.8 Å². The molecule has 2 aromatic carbocycles. The van der Waals surface area contributed by atoms with Gasteiger partial charge in [-0.05, 0) is 17.7 Å². The van der Waals surface area contributed by atoms with Gasteiger partial charge in [0, 0.05) is 6.42 Å². The largest absolute Gasteiger partial charge is 0.460 e. The van der Waals surface area contributed by atoms with Gasteiger partial charge in [-0.3, -0.25) is 4.79 Å². The minimum atomic E-state index is -0.0545. The Kier molecular flexibility index (Phi) is 3.35. The maximum atomic E-state index is 12.7. The molecule has 0 atom stereocenters. The van der Waals surface area contributed by atoms with Crippen molar-refractivity contribution in [1.29, 1.82) is 0 Å². The molecule has 0 saturated carbocycles.